The second kappa shape index (κ2) is 13.4. The van der Waals surface area contributed by atoms with E-state index < -0.39 is 5.97 Å². The first-order valence-electron chi connectivity index (χ1n) is 12.2. The maximum absolute atomic E-state index is 12.7. The summed E-state index contributed by atoms with van der Waals surface area (Å²) in [6.45, 7) is 4.40. The molecule has 4 rings (SSSR count). The lowest BCUT2D eigenvalue weighted by Crippen LogP contribution is -2.12. The number of halogens is 1. The molecule has 0 amide bonds. The Bertz CT molecular complexity index is 1510. The Morgan fingerprint density at radius 3 is 2.54 bits per heavy atom. The van der Waals surface area contributed by atoms with Crippen molar-refractivity contribution < 1.29 is 24.1 Å². The van der Waals surface area contributed by atoms with E-state index in [2.05, 4.69) is 33.7 Å². The summed E-state index contributed by atoms with van der Waals surface area (Å²) >= 11 is 3.36. The smallest absolute Gasteiger partial charge is 0.344 e. The van der Waals surface area contributed by atoms with Crippen molar-refractivity contribution >= 4 is 57.1 Å². The molecule has 9 heteroatoms. The van der Waals surface area contributed by atoms with Gasteiger partial charge < -0.3 is 19.3 Å². The molecule has 39 heavy (non-hydrogen) atoms. The predicted octanol–water partition coefficient (Wildman–Crippen LogP) is 7.33. The van der Waals surface area contributed by atoms with Gasteiger partial charge in [-0.1, -0.05) is 48.2 Å². The van der Waals surface area contributed by atoms with E-state index in [0.717, 1.165) is 14.7 Å². The topological polar surface area (TPSA) is 101 Å². The maximum Gasteiger partial charge on any atom is 0.344 e. The zero-order valence-electron chi connectivity index (χ0n) is 21.3. The Kier molecular flexibility index (Phi) is 9.68. The summed E-state index contributed by atoms with van der Waals surface area (Å²) in [5.41, 5.74) is 2.76. The normalized spacial score (nSPS) is 14.9. The fourth-order valence-corrected chi connectivity index (χ4v) is 5.56. The molecule has 0 atom stereocenters. The number of aliphatic imine (C=N–C) groups is 1. The van der Waals surface area contributed by atoms with Gasteiger partial charge in [0.2, 0.25) is 0 Å². The number of aliphatic hydroxyl groups excluding tert-OH is 1. The molecule has 0 spiro atoms. The zero-order valence-corrected chi connectivity index (χ0v) is 24.3. The summed E-state index contributed by atoms with van der Waals surface area (Å²) in [5, 5.41) is 20.8. The SMILES string of the molecule is CCOC(=O)C1=C(O)/C(=C/c2cc(I)c(OCc3ccccc3C#N)c(OCC)c2)SC1=Nc1ccccc1. The van der Waals surface area contributed by atoms with Gasteiger partial charge in [-0.05, 0) is 78.4 Å². The minimum atomic E-state index is -0.633. The number of ether oxygens (including phenoxy) is 3. The number of benzene rings is 3. The molecule has 0 aliphatic carbocycles. The highest BCUT2D eigenvalue weighted by molar-refractivity contribution is 14.1. The second-order valence-corrected chi connectivity index (χ2v) is 10.3. The van der Waals surface area contributed by atoms with E-state index in [1.165, 1.54) is 11.8 Å². The van der Waals surface area contributed by atoms with Crippen molar-refractivity contribution in [2.75, 3.05) is 13.2 Å². The van der Waals surface area contributed by atoms with E-state index in [4.69, 9.17) is 14.2 Å². The molecule has 0 fully saturated rings. The van der Waals surface area contributed by atoms with Crippen molar-refractivity contribution in [1.82, 2.24) is 0 Å². The quantitative estimate of drug-likeness (QED) is 0.191. The number of carbonyl (C=O) groups is 1. The molecule has 0 saturated carbocycles. The van der Waals surface area contributed by atoms with Crippen molar-refractivity contribution in [2.24, 2.45) is 4.99 Å². The van der Waals surface area contributed by atoms with E-state index in [1.807, 2.05) is 67.6 Å². The van der Waals surface area contributed by atoms with E-state index in [1.54, 1.807) is 19.1 Å². The number of esters is 1. The highest BCUT2D eigenvalue weighted by atomic mass is 127. The van der Waals surface area contributed by atoms with Crippen molar-refractivity contribution in [1.29, 1.82) is 5.26 Å². The van der Waals surface area contributed by atoms with E-state index >= 15 is 0 Å². The van der Waals surface area contributed by atoms with Crippen LogP contribution in [0.3, 0.4) is 0 Å². The van der Waals surface area contributed by atoms with Gasteiger partial charge in [0.05, 0.1) is 39.0 Å². The third-order valence-corrected chi connectivity index (χ3v) is 7.32. The molecule has 1 heterocycles. The highest BCUT2D eigenvalue weighted by Crippen LogP contribution is 2.42. The van der Waals surface area contributed by atoms with Gasteiger partial charge in [0.25, 0.3) is 0 Å². The van der Waals surface area contributed by atoms with Crippen LogP contribution in [0.1, 0.15) is 30.5 Å². The van der Waals surface area contributed by atoms with Gasteiger partial charge in [-0.2, -0.15) is 5.26 Å². The number of nitrogens with zero attached hydrogens (tertiary/aromatic N) is 2. The Hall–Kier alpha value is -3.75. The number of rotatable bonds is 9. The highest BCUT2D eigenvalue weighted by Gasteiger charge is 2.33. The van der Waals surface area contributed by atoms with Crippen LogP contribution in [0.5, 0.6) is 11.5 Å². The van der Waals surface area contributed by atoms with Gasteiger partial charge in [0.15, 0.2) is 11.5 Å². The average molecular weight is 653 g/mol. The first kappa shape index (κ1) is 28.3. The summed E-state index contributed by atoms with van der Waals surface area (Å²) in [5.74, 6) is 0.270. The van der Waals surface area contributed by atoms with Gasteiger partial charge in [0.1, 0.15) is 23.0 Å². The zero-order chi connectivity index (χ0) is 27.8. The molecule has 0 bridgehead atoms. The largest absolute Gasteiger partial charge is 0.506 e. The molecule has 3 aromatic carbocycles. The van der Waals surface area contributed by atoms with E-state index in [0.29, 0.717) is 39.3 Å². The average Bonchev–Trinajstić information content (AvgIpc) is 3.23. The van der Waals surface area contributed by atoms with E-state index in [9.17, 15) is 15.2 Å². The monoisotopic (exact) mass is 652 g/mol. The Labute approximate surface area is 245 Å². The van der Waals surface area contributed by atoms with Gasteiger partial charge in [0, 0.05) is 5.56 Å². The number of thioether (sulfide) groups is 1. The van der Waals surface area contributed by atoms with Crippen LogP contribution >= 0.6 is 34.4 Å². The van der Waals surface area contributed by atoms with Gasteiger partial charge in [-0.25, -0.2) is 9.79 Å². The molecule has 7 nitrogen and oxygen atoms in total. The third kappa shape index (κ3) is 6.82. The summed E-state index contributed by atoms with van der Waals surface area (Å²) in [6, 6.07) is 22.4. The molecule has 0 radical (unpaired) electrons. The lowest BCUT2D eigenvalue weighted by molar-refractivity contribution is -0.138. The Morgan fingerprint density at radius 2 is 1.82 bits per heavy atom. The van der Waals surface area contributed by atoms with Crippen LogP contribution in [0.4, 0.5) is 5.69 Å². The summed E-state index contributed by atoms with van der Waals surface area (Å²) in [6.07, 6.45) is 1.77. The van der Waals surface area contributed by atoms with Crippen molar-refractivity contribution in [3.05, 3.63) is 103 Å². The maximum atomic E-state index is 12.7. The molecular weight excluding hydrogens is 627 g/mol. The van der Waals surface area contributed by atoms with Crippen molar-refractivity contribution in [2.45, 2.75) is 20.5 Å². The molecule has 1 aliphatic rings. The fourth-order valence-electron chi connectivity index (χ4n) is 3.74. The molecule has 1 N–H and O–H groups in total. The number of aliphatic hydroxyl groups is 1. The van der Waals surface area contributed by atoms with E-state index in [-0.39, 0.29) is 24.5 Å². The third-order valence-electron chi connectivity index (χ3n) is 5.50. The number of carbonyl (C=O) groups excluding carboxylic acids is 1. The Balaban J connectivity index is 1.69. The van der Waals surface area contributed by atoms with Gasteiger partial charge in [-0.3, -0.25) is 0 Å². The first-order valence-corrected chi connectivity index (χ1v) is 14.1. The van der Waals surface area contributed by atoms with Gasteiger partial charge >= 0.3 is 5.97 Å². The number of nitriles is 1. The minimum absolute atomic E-state index is 0.0350. The number of hydrogen-bond donors (Lipinski definition) is 1. The van der Waals surface area contributed by atoms with Gasteiger partial charge in [-0.15, -0.1) is 0 Å². The second-order valence-electron chi connectivity index (χ2n) is 8.13. The Morgan fingerprint density at radius 1 is 1.08 bits per heavy atom. The van der Waals surface area contributed by atoms with Crippen LogP contribution in [0.15, 0.2) is 88.0 Å². The molecule has 0 saturated heterocycles. The van der Waals surface area contributed by atoms with Crippen LogP contribution in [0.2, 0.25) is 0 Å². The molecule has 0 unspecified atom stereocenters. The molecular formula is C30H25IN2O5S. The first-order chi connectivity index (χ1) is 18.9. The molecule has 3 aromatic rings. The lowest BCUT2D eigenvalue weighted by Gasteiger charge is -2.15. The number of para-hydroxylation sites is 1. The summed E-state index contributed by atoms with van der Waals surface area (Å²) < 4.78 is 18.0. The summed E-state index contributed by atoms with van der Waals surface area (Å²) in [7, 11) is 0. The predicted molar refractivity (Wildman–Crippen MR) is 161 cm³/mol. The molecule has 198 valence electrons. The fraction of sp³-hybridized carbons (Fsp3) is 0.167. The van der Waals surface area contributed by atoms with Crippen LogP contribution in [0.25, 0.3) is 6.08 Å². The van der Waals surface area contributed by atoms with Crippen LogP contribution < -0.4 is 9.47 Å². The van der Waals surface area contributed by atoms with Crippen LogP contribution in [-0.4, -0.2) is 29.3 Å². The standard InChI is InChI=1S/C30H25IN2O5S/c1-3-36-24-15-19(14-23(31)28(24)38-18-21-11-9-8-10-20(21)17-32)16-25-27(34)26(30(35)37-4-2)29(39-25)33-22-12-6-5-7-13-22/h5-16,34H,3-4,18H2,1-2H3/b25-16-,33-29?. The molecule has 0 aromatic heterocycles. The number of hydrogen-bond acceptors (Lipinski definition) is 8. The van der Waals surface area contributed by atoms with Crippen LogP contribution in [0, 0.1) is 14.9 Å². The lowest BCUT2D eigenvalue weighted by atomic mass is 10.1. The van der Waals surface area contributed by atoms with Crippen molar-refractivity contribution in [3.63, 3.8) is 0 Å². The summed E-state index contributed by atoms with van der Waals surface area (Å²) in [4.78, 5) is 17.8. The van der Waals surface area contributed by atoms with Crippen molar-refractivity contribution in [3.8, 4) is 17.6 Å². The van der Waals surface area contributed by atoms with Crippen LogP contribution in [-0.2, 0) is 16.1 Å². The minimum Gasteiger partial charge on any atom is -0.506 e. The molecule has 1 aliphatic heterocycles.